The number of methoxy groups -OCH3 is 1. The van der Waals surface area contributed by atoms with Gasteiger partial charge in [-0.2, -0.15) is 0 Å². The molecular weight excluding hydrogens is 308 g/mol. The van der Waals surface area contributed by atoms with Crippen LogP contribution in [0.5, 0.6) is 5.75 Å². The van der Waals surface area contributed by atoms with Crippen molar-refractivity contribution < 1.29 is 13.9 Å². The molecule has 0 fully saturated rings. The summed E-state index contributed by atoms with van der Waals surface area (Å²) in [6.45, 7) is 1.06. The van der Waals surface area contributed by atoms with E-state index in [0.29, 0.717) is 24.8 Å². The highest BCUT2D eigenvalue weighted by atomic mass is 16.5. The summed E-state index contributed by atoms with van der Waals surface area (Å²) in [5, 5.41) is 8.87. The van der Waals surface area contributed by atoms with Crippen LogP contribution in [0.2, 0.25) is 0 Å². The molecule has 0 aliphatic heterocycles. The Labute approximate surface area is 141 Å². The summed E-state index contributed by atoms with van der Waals surface area (Å²) >= 11 is 0. The van der Waals surface area contributed by atoms with Crippen molar-refractivity contribution in [1.29, 1.82) is 0 Å². The number of carbonyl (C=O) groups excluding carboxylic acids is 1. The fourth-order valence-corrected chi connectivity index (χ4v) is 2.01. The number of hydrogen-bond acceptors (Lipinski definition) is 4. The normalized spacial score (nSPS) is 11.0. The maximum absolute atomic E-state index is 11.8. The number of nitrogens with zero attached hydrogens (tertiary/aromatic N) is 1. The average Bonchev–Trinajstić information content (AvgIpc) is 3.14. The van der Waals surface area contributed by atoms with Crippen LogP contribution in [0, 0.1) is 0 Å². The molecule has 0 aliphatic rings. The van der Waals surface area contributed by atoms with Crippen LogP contribution in [0.25, 0.3) is 0 Å². The monoisotopic (exact) mass is 330 g/mol. The lowest BCUT2D eigenvalue weighted by atomic mass is 10.2. The van der Waals surface area contributed by atoms with Crippen LogP contribution in [0.3, 0.4) is 0 Å². The zero-order chi connectivity index (χ0) is 17.2. The minimum atomic E-state index is -0.143. The number of carbonyl (C=O) groups is 1. The number of guanidine groups is 1. The van der Waals surface area contributed by atoms with Crippen LogP contribution >= 0.6 is 0 Å². The molecule has 0 atom stereocenters. The van der Waals surface area contributed by atoms with E-state index >= 15 is 0 Å². The largest absolute Gasteiger partial charge is 0.497 e. The maximum atomic E-state index is 11.8. The van der Waals surface area contributed by atoms with Gasteiger partial charge in [0.2, 0.25) is 5.91 Å². The molecule has 1 aromatic heterocycles. The first-order valence-electron chi connectivity index (χ1n) is 7.58. The van der Waals surface area contributed by atoms with Gasteiger partial charge in [-0.3, -0.25) is 9.79 Å². The number of rotatable bonds is 7. The van der Waals surface area contributed by atoms with Gasteiger partial charge in [0.1, 0.15) is 11.5 Å². The molecule has 7 nitrogen and oxygen atoms in total. The Bertz CT molecular complexity index is 668. The van der Waals surface area contributed by atoms with Gasteiger partial charge in [-0.05, 0) is 29.8 Å². The predicted octanol–water partition coefficient (Wildman–Crippen LogP) is 1.27. The number of benzene rings is 1. The molecule has 24 heavy (non-hydrogen) atoms. The number of ether oxygens (including phenoxy) is 1. The number of nitrogens with one attached hydrogen (secondary N) is 3. The third-order valence-electron chi connectivity index (χ3n) is 3.27. The molecule has 0 aliphatic carbocycles. The van der Waals surface area contributed by atoms with E-state index in [2.05, 4.69) is 20.9 Å². The predicted molar refractivity (Wildman–Crippen MR) is 91.8 cm³/mol. The van der Waals surface area contributed by atoms with Crippen LogP contribution in [0.4, 0.5) is 0 Å². The van der Waals surface area contributed by atoms with E-state index in [4.69, 9.17) is 9.15 Å². The van der Waals surface area contributed by atoms with E-state index in [-0.39, 0.29) is 12.5 Å². The Morgan fingerprint density at radius 2 is 2.04 bits per heavy atom. The SMILES string of the molecule is CN=C(NCC(=O)NCc1ccco1)NCc1cccc(OC)c1. The number of aliphatic imine (C=N–C) groups is 1. The summed E-state index contributed by atoms with van der Waals surface area (Å²) in [5.74, 6) is 1.92. The van der Waals surface area contributed by atoms with Gasteiger partial charge < -0.3 is 25.1 Å². The zero-order valence-corrected chi connectivity index (χ0v) is 13.8. The smallest absolute Gasteiger partial charge is 0.239 e. The Morgan fingerprint density at radius 1 is 1.17 bits per heavy atom. The van der Waals surface area contributed by atoms with Gasteiger partial charge in [0.25, 0.3) is 0 Å². The molecule has 0 unspecified atom stereocenters. The summed E-state index contributed by atoms with van der Waals surface area (Å²) in [6.07, 6.45) is 1.57. The summed E-state index contributed by atoms with van der Waals surface area (Å²) in [4.78, 5) is 15.9. The van der Waals surface area contributed by atoms with Crippen LogP contribution in [0.1, 0.15) is 11.3 Å². The third kappa shape index (κ3) is 5.68. The van der Waals surface area contributed by atoms with Crippen molar-refractivity contribution in [2.75, 3.05) is 20.7 Å². The van der Waals surface area contributed by atoms with E-state index in [1.807, 2.05) is 30.3 Å². The summed E-state index contributed by atoms with van der Waals surface area (Å²) in [6, 6.07) is 11.3. The van der Waals surface area contributed by atoms with Crippen LogP contribution in [0.15, 0.2) is 52.1 Å². The molecule has 0 saturated heterocycles. The summed E-state index contributed by atoms with van der Waals surface area (Å²) in [7, 11) is 3.29. The molecule has 2 aromatic rings. The van der Waals surface area contributed by atoms with Crippen molar-refractivity contribution in [3.63, 3.8) is 0 Å². The van der Waals surface area contributed by atoms with Crippen molar-refractivity contribution in [2.24, 2.45) is 4.99 Å². The fourth-order valence-electron chi connectivity index (χ4n) is 2.01. The summed E-state index contributed by atoms with van der Waals surface area (Å²) < 4.78 is 10.3. The quantitative estimate of drug-likeness (QED) is 0.526. The number of hydrogen-bond donors (Lipinski definition) is 3. The van der Waals surface area contributed by atoms with E-state index < -0.39 is 0 Å². The highest BCUT2D eigenvalue weighted by Gasteiger charge is 2.05. The molecule has 0 saturated carbocycles. The fraction of sp³-hybridized carbons (Fsp3) is 0.294. The Hall–Kier alpha value is -2.96. The first kappa shape index (κ1) is 17.4. The lowest BCUT2D eigenvalue weighted by molar-refractivity contribution is -0.120. The molecular formula is C17H22N4O3. The van der Waals surface area contributed by atoms with Crippen molar-refractivity contribution in [3.05, 3.63) is 54.0 Å². The summed E-state index contributed by atoms with van der Waals surface area (Å²) in [5.41, 5.74) is 1.06. The molecule has 7 heteroatoms. The highest BCUT2D eigenvalue weighted by Crippen LogP contribution is 2.11. The van der Waals surface area contributed by atoms with Gasteiger partial charge in [-0.15, -0.1) is 0 Å². The van der Waals surface area contributed by atoms with E-state index in [9.17, 15) is 4.79 Å². The maximum Gasteiger partial charge on any atom is 0.239 e. The van der Waals surface area contributed by atoms with Crippen molar-refractivity contribution in [3.8, 4) is 5.75 Å². The van der Waals surface area contributed by atoms with Gasteiger partial charge in [0, 0.05) is 13.6 Å². The third-order valence-corrected chi connectivity index (χ3v) is 3.27. The molecule has 128 valence electrons. The van der Waals surface area contributed by atoms with Crippen molar-refractivity contribution in [1.82, 2.24) is 16.0 Å². The Balaban J connectivity index is 1.72. The molecule has 1 aromatic carbocycles. The molecule has 2 rings (SSSR count). The minimum absolute atomic E-state index is 0.124. The van der Waals surface area contributed by atoms with Gasteiger partial charge in [0.15, 0.2) is 5.96 Å². The molecule has 0 bridgehead atoms. The molecule has 3 N–H and O–H groups in total. The van der Waals surface area contributed by atoms with Gasteiger partial charge in [-0.1, -0.05) is 12.1 Å². The molecule has 0 spiro atoms. The van der Waals surface area contributed by atoms with E-state index in [1.165, 1.54) is 0 Å². The number of amides is 1. The van der Waals surface area contributed by atoms with Gasteiger partial charge >= 0.3 is 0 Å². The van der Waals surface area contributed by atoms with E-state index in [1.54, 1.807) is 26.5 Å². The minimum Gasteiger partial charge on any atom is -0.497 e. The topological polar surface area (TPSA) is 87.9 Å². The second-order valence-electron chi connectivity index (χ2n) is 4.99. The zero-order valence-electron chi connectivity index (χ0n) is 13.8. The second kappa shape index (κ2) is 9.24. The average molecular weight is 330 g/mol. The standard InChI is InChI=1S/C17H22N4O3/c1-18-17(20-10-13-5-3-6-14(9-13)23-2)21-12-16(22)19-11-15-7-4-8-24-15/h3-9H,10-12H2,1-2H3,(H,19,22)(H2,18,20,21). The van der Waals surface area contributed by atoms with Crippen LogP contribution in [-0.4, -0.2) is 32.6 Å². The highest BCUT2D eigenvalue weighted by molar-refractivity contribution is 5.86. The lowest BCUT2D eigenvalue weighted by Crippen LogP contribution is -2.42. The van der Waals surface area contributed by atoms with Gasteiger partial charge in [0.05, 0.1) is 26.5 Å². The molecule has 0 radical (unpaired) electrons. The Kier molecular flexibility index (Phi) is 6.70. The van der Waals surface area contributed by atoms with E-state index in [0.717, 1.165) is 11.3 Å². The lowest BCUT2D eigenvalue weighted by Gasteiger charge is -2.12. The van der Waals surface area contributed by atoms with Crippen LogP contribution < -0.4 is 20.7 Å². The van der Waals surface area contributed by atoms with Crippen LogP contribution in [-0.2, 0) is 17.9 Å². The van der Waals surface area contributed by atoms with Gasteiger partial charge in [-0.25, -0.2) is 0 Å². The van der Waals surface area contributed by atoms with Crippen molar-refractivity contribution in [2.45, 2.75) is 13.1 Å². The Morgan fingerprint density at radius 3 is 2.75 bits per heavy atom. The van der Waals surface area contributed by atoms with Crippen molar-refractivity contribution >= 4 is 11.9 Å². The number of furan rings is 1. The first-order valence-corrected chi connectivity index (χ1v) is 7.58. The molecule has 1 heterocycles. The first-order chi connectivity index (χ1) is 11.7. The second-order valence-corrected chi connectivity index (χ2v) is 4.99. The molecule has 1 amide bonds.